The number of hydrogen-bond acceptors (Lipinski definition) is 2. The molecule has 0 saturated heterocycles. The largest absolute Gasteiger partial charge is 0.308 e. The monoisotopic (exact) mass is 811 g/mol. The van der Waals surface area contributed by atoms with Crippen molar-refractivity contribution in [3.05, 3.63) is 220 Å². The summed E-state index contributed by atoms with van der Waals surface area (Å²) in [5, 5.41) is 23.8. The van der Waals surface area contributed by atoms with Gasteiger partial charge in [-0.1, -0.05) is 78.9 Å². The van der Waals surface area contributed by atoms with Crippen molar-refractivity contribution in [2.24, 2.45) is 0 Å². The van der Waals surface area contributed by atoms with E-state index in [-0.39, 0.29) is 5.69 Å². The molecule has 8 aromatic carbocycles. The Bertz CT molecular complexity index is 3900. The van der Waals surface area contributed by atoms with Gasteiger partial charge in [0, 0.05) is 32.7 Å². The molecule has 10 aromatic rings. The highest BCUT2D eigenvalue weighted by molar-refractivity contribution is 6.13. The first-order valence-corrected chi connectivity index (χ1v) is 19.8. The zero-order valence-electron chi connectivity index (χ0n) is 33.5. The van der Waals surface area contributed by atoms with Crippen LogP contribution in [0.3, 0.4) is 0 Å². The minimum absolute atomic E-state index is 0.272. The fourth-order valence-electron chi connectivity index (χ4n) is 8.76. The van der Waals surface area contributed by atoms with Crippen molar-refractivity contribution in [2.45, 2.75) is 0 Å². The maximum atomic E-state index is 10.0. The summed E-state index contributed by atoms with van der Waals surface area (Å²) in [5.41, 5.74) is 11.2. The van der Waals surface area contributed by atoms with Crippen LogP contribution in [0.4, 0.5) is 28.4 Å². The van der Waals surface area contributed by atoms with Gasteiger partial charge in [0.2, 0.25) is 0 Å². The Morgan fingerprint density at radius 2 is 0.781 bits per heavy atom. The Balaban J connectivity index is 1.36. The van der Waals surface area contributed by atoms with Crippen molar-refractivity contribution in [1.82, 2.24) is 9.13 Å². The summed E-state index contributed by atoms with van der Waals surface area (Å²) in [7, 11) is 0. The number of benzene rings is 8. The van der Waals surface area contributed by atoms with E-state index in [4.69, 9.17) is 32.9 Å². The third-order valence-corrected chi connectivity index (χ3v) is 11.5. The van der Waals surface area contributed by atoms with Crippen LogP contribution in [0.5, 0.6) is 0 Å². The van der Waals surface area contributed by atoms with Gasteiger partial charge in [0.25, 0.3) is 0 Å². The van der Waals surface area contributed by atoms with Crippen LogP contribution >= 0.6 is 0 Å². The summed E-state index contributed by atoms with van der Waals surface area (Å²) in [6.45, 7) is 39.6. The second-order valence-electron chi connectivity index (χ2n) is 15.1. The number of rotatable bonds is 5. The lowest BCUT2D eigenvalue weighted by Gasteiger charge is -2.20. The zero-order valence-corrected chi connectivity index (χ0v) is 33.5. The molecule has 2 aromatic heterocycles. The summed E-state index contributed by atoms with van der Waals surface area (Å²) in [6, 6.07) is 51.7. The minimum atomic E-state index is 0.272. The highest BCUT2D eigenvalue weighted by Gasteiger charge is 2.23. The molecule has 0 spiro atoms. The van der Waals surface area contributed by atoms with Crippen molar-refractivity contribution >= 4 is 72.0 Å². The number of para-hydroxylation sites is 2. The van der Waals surface area contributed by atoms with Crippen LogP contribution in [-0.4, -0.2) is 9.13 Å². The second kappa shape index (κ2) is 15.1. The number of fused-ring (bicyclic) bond motifs is 6. The lowest BCUT2D eigenvalue weighted by atomic mass is 9.98. The predicted molar refractivity (Wildman–Crippen MR) is 252 cm³/mol. The SMILES string of the molecule is [C-]#[N+]c1cc(C#N)cc(-c2ccc3c4ccccc4n(-c4cc(-c5cc(C#N)cc([N+]#[C-])c5)c([N+]#[C-])cc4-n4c5ccccc5c5ccc(-c6cc([N+]#[C-])cc([N+]#[C-])c6)cc54)c3c2)c1. The highest BCUT2D eigenvalue weighted by atomic mass is 15.1. The van der Waals surface area contributed by atoms with E-state index in [1.165, 1.54) is 6.07 Å². The molecule has 9 heteroatoms. The first-order chi connectivity index (χ1) is 31.4. The predicted octanol–water partition coefficient (Wildman–Crippen LogP) is 15.4. The number of nitrogens with zero attached hydrogens (tertiary/aromatic N) is 9. The van der Waals surface area contributed by atoms with Crippen LogP contribution in [0, 0.1) is 55.5 Å². The van der Waals surface area contributed by atoms with Crippen LogP contribution in [0.25, 0.3) is 113 Å². The number of aromatic nitrogens is 2. The molecule has 64 heavy (non-hydrogen) atoms. The normalized spacial score (nSPS) is 10.7. The molecule has 0 aliphatic carbocycles. The Kier molecular flexibility index (Phi) is 8.98. The Morgan fingerprint density at radius 1 is 0.359 bits per heavy atom. The van der Waals surface area contributed by atoms with Gasteiger partial charge in [0.15, 0.2) is 28.4 Å². The van der Waals surface area contributed by atoms with Crippen molar-refractivity contribution < 1.29 is 0 Å². The fraction of sp³-hybridized carbons (Fsp3) is 0. The fourth-order valence-corrected chi connectivity index (χ4v) is 8.76. The molecule has 0 saturated carbocycles. The Labute approximate surface area is 367 Å². The molecule has 0 bridgehead atoms. The zero-order chi connectivity index (χ0) is 44.1. The molecular formula is C55H25N9. The summed E-state index contributed by atoms with van der Waals surface area (Å²) in [4.78, 5) is 18.7. The molecule has 0 aliphatic heterocycles. The molecule has 290 valence electrons. The summed E-state index contributed by atoms with van der Waals surface area (Å²) in [5.74, 6) is 0. The van der Waals surface area contributed by atoms with E-state index in [0.29, 0.717) is 61.9 Å². The number of nitriles is 2. The highest BCUT2D eigenvalue weighted by Crippen LogP contribution is 2.45. The molecule has 0 aliphatic rings. The maximum absolute atomic E-state index is 10.0. The van der Waals surface area contributed by atoms with Crippen LogP contribution in [0.1, 0.15) is 11.1 Å². The summed E-state index contributed by atoms with van der Waals surface area (Å²) >= 11 is 0. The smallest absolute Gasteiger partial charge is 0.197 e. The minimum Gasteiger partial charge on any atom is -0.308 e. The molecular weight excluding hydrogens is 787 g/mol. The van der Waals surface area contributed by atoms with Gasteiger partial charge in [-0.2, -0.15) is 10.5 Å². The topological polar surface area (TPSA) is 79.2 Å². The molecule has 0 N–H and O–H groups in total. The quantitative estimate of drug-likeness (QED) is 0.162. The average molecular weight is 812 g/mol. The van der Waals surface area contributed by atoms with E-state index in [0.717, 1.165) is 60.3 Å². The lowest BCUT2D eigenvalue weighted by Crippen LogP contribution is -2.04. The van der Waals surface area contributed by atoms with Crippen molar-refractivity contribution in [2.75, 3.05) is 0 Å². The summed E-state index contributed by atoms with van der Waals surface area (Å²) < 4.78 is 4.32. The van der Waals surface area contributed by atoms with Gasteiger partial charge in [0.05, 0.1) is 78.4 Å². The van der Waals surface area contributed by atoms with Crippen molar-refractivity contribution in [3.8, 4) is 56.9 Å². The van der Waals surface area contributed by atoms with Crippen LogP contribution in [0.2, 0.25) is 0 Å². The van der Waals surface area contributed by atoms with E-state index >= 15 is 0 Å². The molecule has 0 amide bonds. The Morgan fingerprint density at radius 3 is 1.27 bits per heavy atom. The standard InChI is InChI=1S/C55H25N9/c1-58-40-20-33(31-56)18-37(22-40)35-14-16-46-44-10-6-8-12-50(44)63(52(46)26-35)54-29-48(39-19-34(32-57)21-41(25-39)59-2)49(62-5)30-55(54)64-51-13-9-7-11-45(51)47-17-15-36(27-53(47)64)38-23-42(60-3)28-43(24-38)61-4/h6-30H. The van der Waals surface area contributed by atoms with Crippen LogP contribution < -0.4 is 0 Å². The number of hydrogen-bond donors (Lipinski definition) is 0. The van der Waals surface area contributed by atoms with Crippen LogP contribution in [0.15, 0.2) is 152 Å². The molecule has 0 unspecified atom stereocenters. The van der Waals surface area contributed by atoms with Crippen LogP contribution in [-0.2, 0) is 0 Å². The molecule has 0 radical (unpaired) electrons. The molecule has 9 nitrogen and oxygen atoms in total. The summed E-state index contributed by atoms with van der Waals surface area (Å²) in [6.07, 6.45) is 0. The van der Waals surface area contributed by atoms with Gasteiger partial charge in [-0.05, 0) is 106 Å². The second-order valence-corrected chi connectivity index (χ2v) is 15.1. The van der Waals surface area contributed by atoms with E-state index in [9.17, 15) is 10.5 Å². The van der Waals surface area contributed by atoms with E-state index in [1.54, 1.807) is 48.5 Å². The van der Waals surface area contributed by atoms with E-state index in [1.807, 2.05) is 72.8 Å². The molecule has 2 heterocycles. The van der Waals surface area contributed by atoms with Gasteiger partial charge >= 0.3 is 0 Å². The van der Waals surface area contributed by atoms with Crippen molar-refractivity contribution in [3.63, 3.8) is 0 Å². The molecule has 10 rings (SSSR count). The molecule has 0 fully saturated rings. The maximum Gasteiger partial charge on any atom is 0.197 e. The van der Waals surface area contributed by atoms with E-state index in [2.05, 4.69) is 69.8 Å². The first-order valence-electron chi connectivity index (χ1n) is 19.8. The Hall–Kier alpha value is -10.2. The van der Waals surface area contributed by atoms with Gasteiger partial charge in [0.1, 0.15) is 0 Å². The van der Waals surface area contributed by atoms with E-state index < -0.39 is 0 Å². The average Bonchev–Trinajstić information content (AvgIpc) is 3.87. The van der Waals surface area contributed by atoms with Crippen molar-refractivity contribution in [1.29, 1.82) is 10.5 Å². The third-order valence-electron chi connectivity index (χ3n) is 11.5. The van der Waals surface area contributed by atoms with Gasteiger partial charge in [-0.15, -0.1) is 0 Å². The first kappa shape index (κ1) is 38.0. The van der Waals surface area contributed by atoms with Gasteiger partial charge in [-0.3, -0.25) is 0 Å². The molecule has 0 atom stereocenters. The van der Waals surface area contributed by atoms with Gasteiger partial charge in [-0.25, -0.2) is 24.2 Å². The van der Waals surface area contributed by atoms with Gasteiger partial charge < -0.3 is 9.13 Å². The third kappa shape index (κ3) is 6.12. The lowest BCUT2D eigenvalue weighted by molar-refractivity contribution is 1.10.